The van der Waals surface area contributed by atoms with Gasteiger partial charge in [-0.2, -0.15) is 13.2 Å². The number of rotatable bonds is 4. The molecule has 2 N–H and O–H groups in total. The first-order valence-corrected chi connectivity index (χ1v) is 6.24. The number of hydrogen-bond acceptors (Lipinski definition) is 3. The Balaban J connectivity index is 2.12. The van der Waals surface area contributed by atoms with Crippen LogP contribution in [-0.4, -0.2) is 10.8 Å². The third kappa shape index (κ3) is 3.88. The van der Waals surface area contributed by atoms with Gasteiger partial charge in [0.25, 0.3) is 0 Å². The first kappa shape index (κ1) is 15.2. The molecule has 2 rings (SSSR count). The third-order valence-corrected chi connectivity index (χ3v) is 2.99. The molecule has 0 spiro atoms. The zero-order valence-electron chi connectivity index (χ0n) is 11.0. The molecule has 0 bridgehead atoms. The van der Waals surface area contributed by atoms with Crippen molar-refractivity contribution in [2.45, 2.75) is 19.1 Å². The normalized spacial score (nSPS) is 11.4. The van der Waals surface area contributed by atoms with Crippen molar-refractivity contribution in [1.29, 1.82) is 0 Å². The summed E-state index contributed by atoms with van der Waals surface area (Å²) in [5.74, 6) is -0.188. The van der Waals surface area contributed by atoms with E-state index in [1.165, 1.54) is 18.3 Å². The molecule has 110 valence electrons. The Hall–Kier alpha value is -2.21. The Morgan fingerprint density at radius 2 is 1.81 bits per heavy atom. The van der Waals surface area contributed by atoms with Gasteiger partial charge in [-0.3, -0.25) is 9.78 Å². The van der Waals surface area contributed by atoms with Gasteiger partial charge in [-0.05, 0) is 29.8 Å². The fourth-order valence-corrected chi connectivity index (χ4v) is 1.86. The van der Waals surface area contributed by atoms with Crippen molar-refractivity contribution >= 4 is 5.78 Å². The number of carbonyl (C=O) groups is 1. The maximum absolute atomic E-state index is 12.4. The molecule has 2 aromatic rings. The summed E-state index contributed by atoms with van der Waals surface area (Å²) in [4.78, 5) is 16.1. The minimum atomic E-state index is -4.37. The maximum Gasteiger partial charge on any atom is 0.416 e. The van der Waals surface area contributed by atoms with Crippen LogP contribution in [0.5, 0.6) is 0 Å². The summed E-state index contributed by atoms with van der Waals surface area (Å²) in [6.07, 6.45) is -2.85. The van der Waals surface area contributed by atoms with Crippen LogP contribution in [0, 0.1) is 0 Å². The molecule has 21 heavy (non-hydrogen) atoms. The summed E-state index contributed by atoms with van der Waals surface area (Å²) >= 11 is 0. The topological polar surface area (TPSA) is 56.0 Å². The Morgan fingerprint density at radius 3 is 2.38 bits per heavy atom. The Morgan fingerprint density at radius 1 is 1.14 bits per heavy atom. The fourth-order valence-electron chi connectivity index (χ4n) is 1.86. The summed E-state index contributed by atoms with van der Waals surface area (Å²) in [5, 5.41) is 0. The largest absolute Gasteiger partial charge is 0.416 e. The van der Waals surface area contributed by atoms with Crippen LogP contribution in [0.3, 0.4) is 0 Å². The summed E-state index contributed by atoms with van der Waals surface area (Å²) in [7, 11) is 0. The lowest BCUT2D eigenvalue weighted by Crippen LogP contribution is -2.08. The molecular formula is C15H13F3N2O. The van der Waals surface area contributed by atoms with Crippen LogP contribution in [0.25, 0.3) is 0 Å². The molecule has 0 unspecified atom stereocenters. The lowest BCUT2D eigenvalue weighted by molar-refractivity contribution is -0.137. The zero-order valence-corrected chi connectivity index (χ0v) is 11.0. The molecule has 0 amide bonds. The number of nitrogens with two attached hydrogens (primary N) is 1. The maximum atomic E-state index is 12.4. The van der Waals surface area contributed by atoms with E-state index in [4.69, 9.17) is 5.73 Å². The van der Waals surface area contributed by atoms with Crippen molar-refractivity contribution in [3.05, 3.63) is 65.0 Å². The Labute approximate surface area is 119 Å². The molecule has 0 saturated heterocycles. The van der Waals surface area contributed by atoms with E-state index in [0.717, 1.165) is 12.1 Å². The molecule has 0 radical (unpaired) electrons. The van der Waals surface area contributed by atoms with Crippen molar-refractivity contribution in [2.24, 2.45) is 5.73 Å². The number of Topliss-reactive ketones (excluding diaryl/α,β-unsaturated/α-hetero) is 1. The van der Waals surface area contributed by atoms with E-state index in [-0.39, 0.29) is 18.7 Å². The smallest absolute Gasteiger partial charge is 0.325 e. The van der Waals surface area contributed by atoms with E-state index >= 15 is 0 Å². The zero-order chi connectivity index (χ0) is 15.5. The number of nitrogens with zero attached hydrogens (tertiary/aromatic N) is 1. The average molecular weight is 294 g/mol. The first-order chi connectivity index (χ1) is 9.90. The van der Waals surface area contributed by atoms with Gasteiger partial charge in [0.15, 0.2) is 5.78 Å². The molecule has 0 saturated carbocycles. The van der Waals surface area contributed by atoms with Crippen LogP contribution in [0.2, 0.25) is 0 Å². The number of benzene rings is 1. The second-order valence-electron chi connectivity index (χ2n) is 4.53. The van der Waals surface area contributed by atoms with E-state index in [1.54, 1.807) is 12.1 Å². The van der Waals surface area contributed by atoms with Gasteiger partial charge in [0.05, 0.1) is 11.3 Å². The van der Waals surface area contributed by atoms with Gasteiger partial charge < -0.3 is 5.73 Å². The highest BCUT2D eigenvalue weighted by molar-refractivity contribution is 5.97. The lowest BCUT2D eigenvalue weighted by Gasteiger charge is -2.07. The standard InChI is InChI=1S/C15H13F3N2O/c16-15(17,18)12-3-1-10(2-4-12)7-14(21)11-5-6-20-13(8-11)9-19/h1-6,8H,7,9,19H2. The monoisotopic (exact) mass is 294 g/mol. The van der Waals surface area contributed by atoms with Crippen LogP contribution in [0.4, 0.5) is 13.2 Å². The number of alkyl halides is 3. The molecule has 1 aromatic carbocycles. The predicted molar refractivity (Wildman–Crippen MR) is 71.6 cm³/mol. The molecule has 6 heteroatoms. The van der Waals surface area contributed by atoms with Gasteiger partial charge >= 0.3 is 6.18 Å². The number of hydrogen-bond donors (Lipinski definition) is 1. The second kappa shape index (κ2) is 6.05. The van der Waals surface area contributed by atoms with Gasteiger partial charge in [0, 0.05) is 24.7 Å². The molecule has 0 fully saturated rings. The number of halogens is 3. The van der Waals surface area contributed by atoms with Crippen LogP contribution < -0.4 is 5.73 Å². The minimum Gasteiger partial charge on any atom is -0.325 e. The van der Waals surface area contributed by atoms with E-state index in [2.05, 4.69) is 4.98 Å². The van der Waals surface area contributed by atoms with Crippen molar-refractivity contribution in [3.63, 3.8) is 0 Å². The van der Waals surface area contributed by atoms with Crippen LogP contribution in [0.1, 0.15) is 27.2 Å². The summed E-state index contributed by atoms with van der Waals surface area (Å²) in [5.41, 5.74) is 6.29. The predicted octanol–water partition coefficient (Wildman–Crippen LogP) is 2.98. The van der Waals surface area contributed by atoms with Gasteiger partial charge in [-0.15, -0.1) is 0 Å². The lowest BCUT2D eigenvalue weighted by atomic mass is 10.0. The van der Waals surface area contributed by atoms with Crippen LogP contribution in [-0.2, 0) is 19.1 Å². The second-order valence-corrected chi connectivity index (χ2v) is 4.53. The highest BCUT2D eigenvalue weighted by atomic mass is 19.4. The molecule has 0 aliphatic heterocycles. The molecule has 1 heterocycles. The minimum absolute atomic E-state index is 0.0339. The Kier molecular flexibility index (Phi) is 4.37. The van der Waals surface area contributed by atoms with Gasteiger partial charge in [-0.1, -0.05) is 12.1 Å². The molecule has 3 nitrogen and oxygen atoms in total. The number of aromatic nitrogens is 1. The quantitative estimate of drug-likeness (QED) is 0.882. The fraction of sp³-hybridized carbons (Fsp3) is 0.200. The summed E-state index contributed by atoms with van der Waals surface area (Å²) in [6.45, 7) is 0.224. The van der Waals surface area contributed by atoms with Crippen molar-refractivity contribution in [2.75, 3.05) is 0 Å². The van der Waals surface area contributed by atoms with Crippen molar-refractivity contribution < 1.29 is 18.0 Å². The molecular weight excluding hydrogens is 281 g/mol. The van der Waals surface area contributed by atoms with Crippen LogP contribution >= 0.6 is 0 Å². The Bertz CT molecular complexity index is 636. The van der Waals surface area contributed by atoms with E-state index < -0.39 is 11.7 Å². The molecule has 0 aliphatic carbocycles. The highest BCUT2D eigenvalue weighted by Gasteiger charge is 2.29. The average Bonchev–Trinajstić information content (AvgIpc) is 2.47. The number of ketones is 1. The number of carbonyl (C=O) groups excluding carboxylic acids is 1. The van der Waals surface area contributed by atoms with E-state index in [9.17, 15) is 18.0 Å². The number of pyridine rings is 1. The summed E-state index contributed by atoms with van der Waals surface area (Å²) in [6, 6.07) is 7.72. The van der Waals surface area contributed by atoms with E-state index in [0.29, 0.717) is 16.8 Å². The van der Waals surface area contributed by atoms with Crippen molar-refractivity contribution in [3.8, 4) is 0 Å². The molecule has 0 atom stereocenters. The van der Waals surface area contributed by atoms with Crippen LogP contribution in [0.15, 0.2) is 42.6 Å². The molecule has 0 aliphatic rings. The van der Waals surface area contributed by atoms with Crippen molar-refractivity contribution in [1.82, 2.24) is 4.98 Å². The van der Waals surface area contributed by atoms with E-state index in [1.807, 2.05) is 0 Å². The van der Waals surface area contributed by atoms with Gasteiger partial charge in [0.2, 0.25) is 0 Å². The third-order valence-electron chi connectivity index (χ3n) is 2.99. The first-order valence-electron chi connectivity index (χ1n) is 6.24. The highest BCUT2D eigenvalue weighted by Crippen LogP contribution is 2.29. The van der Waals surface area contributed by atoms with Gasteiger partial charge in [0.1, 0.15) is 0 Å². The van der Waals surface area contributed by atoms with Gasteiger partial charge in [-0.25, -0.2) is 0 Å². The molecule has 1 aromatic heterocycles. The SMILES string of the molecule is NCc1cc(C(=O)Cc2ccc(C(F)(F)F)cc2)ccn1. The summed E-state index contributed by atoms with van der Waals surface area (Å²) < 4.78 is 37.3.